The van der Waals surface area contributed by atoms with Crippen LogP contribution in [0.15, 0.2) is 71.4 Å². The number of fused-ring (bicyclic) bond motifs is 1. The van der Waals surface area contributed by atoms with Gasteiger partial charge >= 0.3 is 0 Å². The Kier molecular flexibility index (Phi) is 5.99. The van der Waals surface area contributed by atoms with Gasteiger partial charge in [0.1, 0.15) is 36.0 Å². The smallest absolute Gasteiger partial charge is 0.254 e. The quantitative estimate of drug-likeness (QED) is 0.328. The van der Waals surface area contributed by atoms with Crippen LogP contribution in [0.4, 0.5) is 0 Å². The van der Waals surface area contributed by atoms with Gasteiger partial charge in [0.05, 0.1) is 7.11 Å². The maximum Gasteiger partial charge on any atom is 0.254 e. The lowest BCUT2D eigenvalue weighted by Gasteiger charge is -2.03. The third-order valence-corrected chi connectivity index (χ3v) is 4.79. The molecule has 28 heavy (non-hydrogen) atoms. The number of halogens is 1. The number of ether oxygens (including phenoxy) is 1. The van der Waals surface area contributed by atoms with E-state index in [4.69, 9.17) is 9.15 Å². The summed E-state index contributed by atoms with van der Waals surface area (Å²) in [5, 5.41) is 1.10. The fourth-order valence-electron chi connectivity index (χ4n) is 3.18. The van der Waals surface area contributed by atoms with E-state index >= 15 is 0 Å². The third kappa shape index (κ3) is 4.02. The number of aromatic nitrogens is 2. The standard InChI is InChI=1S/C22H21N2O3.BrH/c1-16-23(14-20-13-18-5-3-4-6-22(18)27-20)11-12-24(16)15-21(25)17-7-9-19(26-2)10-8-17;/h3-13H,14-15H2,1-2H3;1H/q+1;/p-1. The van der Waals surface area contributed by atoms with Crippen molar-refractivity contribution in [3.05, 3.63) is 84.1 Å². The Hall–Kier alpha value is -2.86. The zero-order chi connectivity index (χ0) is 18.8. The molecule has 0 spiro atoms. The van der Waals surface area contributed by atoms with Gasteiger partial charge in [0.15, 0.2) is 6.54 Å². The zero-order valence-electron chi connectivity index (χ0n) is 15.8. The molecule has 0 saturated carbocycles. The van der Waals surface area contributed by atoms with Crippen LogP contribution in [0.25, 0.3) is 11.0 Å². The zero-order valence-corrected chi connectivity index (χ0v) is 17.3. The molecule has 0 aliphatic rings. The molecule has 2 heterocycles. The van der Waals surface area contributed by atoms with Gasteiger partial charge in [-0.25, -0.2) is 9.13 Å². The lowest BCUT2D eigenvalue weighted by atomic mass is 10.1. The van der Waals surface area contributed by atoms with Crippen molar-refractivity contribution >= 4 is 16.8 Å². The molecule has 0 bridgehead atoms. The molecule has 0 atom stereocenters. The number of imidazole rings is 1. The second kappa shape index (κ2) is 8.44. The highest BCUT2D eigenvalue weighted by Crippen LogP contribution is 2.19. The number of rotatable bonds is 6. The monoisotopic (exact) mass is 440 g/mol. The van der Waals surface area contributed by atoms with E-state index in [2.05, 4.69) is 10.6 Å². The summed E-state index contributed by atoms with van der Waals surface area (Å²) in [5.74, 6) is 2.69. The molecule has 0 unspecified atom stereocenters. The highest BCUT2D eigenvalue weighted by atomic mass is 79.9. The molecular formula is C22H21BrN2O3. The van der Waals surface area contributed by atoms with Crippen LogP contribution in [0.5, 0.6) is 5.75 Å². The van der Waals surface area contributed by atoms with Crippen LogP contribution in [0, 0.1) is 6.92 Å². The van der Waals surface area contributed by atoms with Gasteiger partial charge in [0.25, 0.3) is 5.82 Å². The molecule has 0 saturated heterocycles. The first-order chi connectivity index (χ1) is 13.1. The largest absolute Gasteiger partial charge is 1.00 e. The fraction of sp³-hybridized carbons (Fsp3) is 0.182. The summed E-state index contributed by atoms with van der Waals surface area (Å²) in [7, 11) is 1.61. The van der Waals surface area contributed by atoms with Gasteiger partial charge in [0, 0.05) is 17.9 Å². The summed E-state index contributed by atoms with van der Waals surface area (Å²) >= 11 is 0. The number of hydrogen-bond acceptors (Lipinski definition) is 3. The van der Waals surface area contributed by atoms with Crippen molar-refractivity contribution < 1.29 is 35.5 Å². The number of carbonyl (C=O) groups excluding carboxylic acids is 1. The number of methoxy groups -OCH3 is 1. The second-order valence-electron chi connectivity index (χ2n) is 6.50. The number of para-hydroxylation sites is 1. The van der Waals surface area contributed by atoms with E-state index in [1.807, 2.05) is 48.1 Å². The van der Waals surface area contributed by atoms with E-state index < -0.39 is 0 Å². The van der Waals surface area contributed by atoms with Crippen LogP contribution in [-0.2, 0) is 13.1 Å². The van der Waals surface area contributed by atoms with Gasteiger partial charge < -0.3 is 26.1 Å². The highest BCUT2D eigenvalue weighted by Gasteiger charge is 2.18. The topological polar surface area (TPSA) is 48.2 Å². The maximum atomic E-state index is 12.6. The lowest BCUT2D eigenvalue weighted by Crippen LogP contribution is -3.00. The fourth-order valence-corrected chi connectivity index (χ4v) is 3.18. The molecule has 4 rings (SSSR count). The number of benzene rings is 2. The summed E-state index contributed by atoms with van der Waals surface area (Å²) in [6.07, 6.45) is 3.91. The SMILES string of the molecule is COc1ccc(C(=O)C[n+]2ccn(Cc3cc4ccccc4o3)c2C)cc1.[Br-]. The van der Waals surface area contributed by atoms with Crippen LogP contribution >= 0.6 is 0 Å². The first-order valence-electron chi connectivity index (χ1n) is 8.84. The van der Waals surface area contributed by atoms with Crippen molar-refractivity contribution in [1.82, 2.24) is 4.57 Å². The van der Waals surface area contributed by atoms with Gasteiger partial charge in [-0.15, -0.1) is 0 Å². The van der Waals surface area contributed by atoms with Crippen molar-refractivity contribution in [3.63, 3.8) is 0 Å². The average Bonchev–Trinajstić information content (AvgIpc) is 3.26. The van der Waals surface area contributed by atoms with Gasteiger partial charge in [-0.3, -0.25) is 4.79 Å². The lowest BCUT2D eigenvalue weighted by molar-refractivity contribution is -0.688. The molecule has 0 N–H and O–H groups in total. The minimum atomic E-state index is 0. The van der Waals surface area contributed by atoms with Crippen molar-refractivity contribution in [2.45, 2.75) is 20.0 Å². The number of ketones is 1. The van der Waals surface area contributed by atoms with Crippen LogP contribution in [-0.4, -0.2) is 17.5 Å². The number of furan rings is 1. The normalized spacial score (nSPS) is 10.6. The van der Waals surface area contributed by atoms with Crippen LogP contribution in [0.3, 0.4) is 0 Å². The predicted molar refractivity (Wildman–Crippen MR) is 102 cm³/mol. The Bertz CT molecular complexity index is 1060. The highest BCUT2D eigenvalue weighted by molar-refractivity contribution is 5.95. The molecule has 144 valence electrons. The molecule has 4 aromatic rings. The van der Waals surface area contributed by atoms with Crippen molar-refractivity contribution in [2.24, 2.45) is 0 Å². The van der Waals surface area contributed by atoms with Crippen molar-refractivity contribution in [1.29, 1.82) is 0 Å². The van der Waals surface area contributed by atoms with Gasteiger partial charge in [-0.1, -0.05) is 18.2 Å². The Morgan fingerprint density at radius 2 is 1.89 bits per heavy atom. The summed E-state index contributed by atoms with van der Waals surface area (Å²) in [6.45, 7) is 2.93. The minimum absolute atomic E-state index is 0. The molecule has 2 aromatic heterocycles. The molecule has 2 aromatic carbocycles. The first kappa shape index (κ1) is 19.9. The summed E-state index contributed by atoms with van der Waals surface area (Å²) in [6, 6.07) is 17.2. The Morgan fingerprint density at radius 3 is 2.61 bits per heavy atom. The van der Waals surface area contributed by atoms with Crippen molar-refractivity contribution in [2.75, 3.05) is 7.11 Å². The molecule has 5 nitrogen and oxygen atoms in total. The van der Waals surface area contributed by atoms with E-state index in [0.29, 0.717) is 18.7 Å². The molecule has 0 aliphatic carbocycles. The molecule has 0 fully saturated rings. The van der Waals surface area contributed by atoms with Gasteiger partial charge in [0.2, 0.25) is 5.78 Å². The molecule has 0 amide bonds. The number of hydrogen-bond donors (Lipinski definition) is 0. The Labute approximate surface area is 173 Å². The van der Waals surface area contributed by atoms with E-state index in [1.54, 1.807) is 31.4 Å². The van der Waals surface area contributed by atoms with E-state index in [1.165, 1.54) is 0 Å². The van der Waals surface area contributed by atoms with Crippen LogP contribution < -0.4 is 26.3 Å². The Morgan fingerprint density at radius 1 is 1.14 bits per heavy atom. The maximum absolute atomic E-state index is 12.6. The van der Waals surface area contributed by atoms with Crippen molar-refractivity contribution in [3.8, 4) is 5.75 Å². The molecular weight excluding hydrogens is 420 g/mol. The van der Waals surface area contributed by atoms with E-state index in [-0.39, 0.29) is 22.8 Å². The third-order valence-electron chi connectivity index (χ3n) is 4.79. The molecule has 0 aliphatic heterocycles. The summed E-state index contributed by atoms with van der Waals surface area (Å²) in [4.78, 5) is 12.6. The van der Waals surface area contributed by atoms with Crippen LogP contribution in [0.2, 0.25) is 0 Å². The Balaban J connectivity index is 0.00000225. The summed E-state index contributed by atoms with van der Waals surface area (Å²) < 4.78 is 15.1. The molecule has 6 heteroatoms. The first-order valence-corrected chi connectivity index (χ1v) is 8.84. The second-order valence-corrected chi connectivity index (χ2v) is 6.50. The minimum Gasteiger partial charge on any atom is -1.00 e. The van der Waals surface area contributed by atoms with E-state index in [0.717, 1.165) is 28.3 Å². The number of Topliss-reactive ketones (excluding diaryl/α,β-unsaturated/α-hetero) is 1. The van der Waals surface area contributed by atoms with Gasteiger partial charge in [-0.2, -0.15) is 0 Å². The van der Waals surface area contributed by atoms with Crippen LogP contribution in [0.1, 0.15) is 21.9 Å². The molecule has 0 radical (unpaired) electrons. The predicted octanol–water partition coefficient (Wildman–Crippen LogP) is 0.774. The summed E-state index contributed by atoms with van der Waals surface area (Å²) in [5.41, 5.74) is 1.56. The van der Waals surface area contributed by atoms with E-state index in [9.17, 15) is 4.79 Å². The number of carbonyl (C=O) groups is 1. The average molecular weight is 441 g/mol. The van der Waals surface area contributed by atoms with Gasteiger partial charge in [-0.05, 0) is 36.4 Å². The number of nitrogens with zero attached hydrogens (tertiary/aromatic N) is 2.